The summed E-state index contributed by atoms with van der Waals surface area (Å²) in [6.07, 6.45) is 0.563. The Balaban J connectivity index is 1.35. The number of hydrogen-bond acceptors (Lipinski definition) is 7. The molecule has 2 saturated heterocycles. The number of thioether (sulfide) groups is 1. The number of benzene rings is 3. The molecule has 2 aliphatic rings. The first kappa shape index (κ1) is 26.5. The van der Waals surface area contributed by atoms with Crippen molar-refractivity contribution in [1.82, 2.24) is 20.4 Å². The predicted octanol–water partition coefficient (Wildman–Crippen LogP) is 3.37. The highest BCUT2D eigenvalue weighted by Gasteiger charge is 2.56. The number of hydrogen-bond donors (Lipinski definition) is 2. The monoisotopic (exact) mass is 544 g/mol. The molecule has 0 bridgehead atoms. The van der Waals surface area contributed by atoms with Crippen LogP contribution in [0.1, 0.15) is 12.0 Å². The van der Waals surface area contributed by atoms with Crippen molar-refractivity contribution < 1.29 is 23.9 Å². The molecule has 5 rings (SSSR count). The van der Waals surface area contributed by atoms with Gasteiger partial charge in [0.25, 0.3) is 11.8 Å². The normalized spacial score (nSPS) is 17.6. The van der Waals surface area contributed by atoms with E-state index in [2.05, 4.69) is 10.6 Å². The van der Waals surface area contributed by atoms with Crippen LogP contribution < -0.4 is 15.4 Å². The Morgan fingerprint density at radius 3 is 2.05 bits per heavy atom. The van der Waals surface area contributed by atoms with E-state index < -0.39 is 23.4 Å². The number of rotatable bonds is 7. The molecule has 3 aromatic rings. The van der Waals surface area contributed by atoms with Crippen LogP contribution in [-0.2, 0) is 19.9 Å². The van der Waals surface area contributed by atoms with E-state index in [-0.39, 0.29) is 12.5 Å². The number of carbonyl (C=O) groups excluding carboxylic acids is 4. The van der Waals surface area contributed by atoms with E-state index in [1.165, 1.54) is 11.8 Å². The Morgan fingerprint density at radius 2 is 1.38 bits per heavy atom. The van der Waals surface area contributed by atoms with Gasteiger partial charge in [0.05, 0.1) is 5.75 Å². The molecule has 0 radical (unpaired) electrons. The highest BCUT2D eigenvalue weighted by molar-refractivity contribution is 8.00. The van der Waals surface area contributed by atoms with Gasteiger partial charge in [-0.25, -0.2) is 4.79 Å². The van der Waals surface area contributed by atoms with Crippen LogP contribution in [0, 0.1) is 0 Å². The number of carbonyl (C=O) groups is 4. The van der Waals surface area contributed by atoms with Gasteiger partial charge in [0.1, 0.15) is 11.5 Å². The molecule has 2 aliphatic heterocycles. The number of barbiturate groups is 1. The number of urea groups is 1. The molecule has 0 unspecified atom stereocenters. The van der Waals surface area contributed by atoms with Gasteiger partial charge in [0.15, 0.2) is 0 Å². The van der Waals surface area contributed by atoms with Crippen LogP contribution in [-0.4, -0.2) is 65.5 Å². The second-order valence-electron chi connectivity index (χ2n) is 9.21. The average molecular weight is 545 g/mol. The molecule has 3 aromatic carbocycles. The third-order valence-corrected chi connectivity index (χ3v) is 7.79. The highest BCUT2D eigenvalue weighted by atomic mass is 32.2. The van der Waals surface area contributed by atoms with E-state index in [4.69, 9.17) is 4.74 Å². The molecule has 0 spiro atoms. The van der Waals surface area contributed by atoms with Crippen LogP contribution in [0.5, 0.6) is 11.5 Å². The van der Waals surface area contributed by atoms with Gasteiger partial charge in [0.2, 0.25) is 11.4 Å². The van der Waals surface area contributed by atoms with E-state index in [0.717, 1.165) is 4.90 Å². The van der Waals surface area contributed by atoms with Gasteiger partial charge in [-0.1, -0.05) is 48.5 Å². The lowest BCUT2D eigenvalue weighted by Gasteiger charge is -2.42. The molecule has 0 aliphatic carbocycles. The largest absolute Gasteiger partial charge is 0.457 e. The van der Waals surface area contributed by atoms with Crippen LogP contribution in [0.2, 0.25) is 0 Å². The smallest absolute Gasteiger partial charge is 0.328 e. The van der Waals surface area contributed by atoms with Crippen molar-refractivity contribution in [3.8, 4) is 11.5 Å². The minimum atomic E-state index is -1.77. The summed E-state index contributed by atoms with van der Waals surface area (Å²) in [4.78, 5) is 56.4. The van der Waals surface area contributed by atoms with Crippen molar-refractivity contribution in [3.63, 3.8) is 0 Å². The number of nitrogens with zero attached hydrogens (tertiary/aromatic N) is 2. The Labute approximate surface area is 230 Å². The fourth-order valence-corrected chi connectivity index (χ4v) is 5.72. The summed E-state index contributed by atoms with van der Waals surface area (Å²) in [7, 11) is 0. The van der Waals surface area contributed by atoms with Crippen LogP contribution in [0.3, 0.4) is 0 Å². The van der Waals surface area contributed by atoms with E-state index in [9.17, 15) is 19.2 Å². The van der Waals surface area contributed by atoms with Gasteiger partial charge in [-0.3, -0.25) is 29.9 Å². The van der Waals surface area contributed by atoms with Gasteiger partial charge in [-0.15, -0.1) is 11.8 Å². The summed E-state index contributed by atoms with van der Waals surface area (Å²) in [5.41, 5.74) is -1.36. The summed E-state index contributed by atoms with van der Waals surface area (Å²) in [6.45, 7) is 1.51. The number of ether oxygens (including phenoxy) is 1. The zero-order chi connectivity index (χ0) is 27.2. The molecule has 200 valence electrons. The van der Waals surface area contributed by atoms with Gasteiger partial charge in [0, 0.05) is 31.1 Å². The number of para-hydroxylation sites is 1. The summed E-state index contributed by atoms with van der Waals surface area (Å²) in [5, 5.41) is 4.55. The first-order valence-electron chi connectivity index (χ1n) is 12.7. The maximum absolute atomic E-state index is 13.5. The molecular formula is C29H28N4O5S. The maximum Gasteiger partial charge on any atom is 0.328 e. The van der Waals surface area contributed by atoms with E-state index >= 15 is 0 Å². The third-order valence-electron chi connectivity index (χ3n) is 6.79. The zero-order valence-corrected chi connectivity index (χ0v) is 22.0. The SMILES string of the molecule is O=C1NC(=O)C(c2ccc(Oc3ccccc3)cc2)(N2CCCN(C(=O)CSc3ccccc3)CC2)C(=O)N1. The number of imide groups is 2. The van der Waals surface area contributed by atoms with Crippen molar-refractivity contribution in [2.24, 2.45) is 0 Å². The first-order valence-corrected chi connectivity index (χ1v) is 13.7. The Bertz CT molecular complexity index is 1330. The summed E-state index contributed by atoms with van der Waals surface area (Å²) in [6, 6.07) is 24.8. The summed E-state index contributed by atoms with van der Waals surface area (Å²) in [5.74, 6) is 0.0560. The quantitative estimate of drug-likeness (QED) is 0.347. The second-order valence-corrected chi connectivity index (χ2v) is 10.3. The highest BCUT2D eigenvalue weighted by Crippen LogP contribution is 2.34. The van der Waals surface area contributed by atoms with Crippen LogP contribution >= 0.6 is 11.8 Å². The van der Waals surface area contributed by atoms with Gasteiger partial charge in [-0.05, 0) is 48.4 Å². The van der Waals surface area contributed by atoms with Crippen LogP contribution in [0.4, 0.5) is 4.79 Å². The lowest BCUT2D eigenvalue weighted by molar-refractivity contribution is -0.148. The lowest BCUT2D eigenvalue weighted by atomic mass is 9.84. The summed E-state index contributed by atoms with van der Waals surface area (Å²) < 4.78 is 5.87. The molecule has 0 saturated carbocycles. The number of nitrogens with one attached hydrogen (secondary N) is 2. The maximum atomic E-state index is 13.5. The molecule has 2 N–H and O–H groups in total. The van der Waals surface area contributed by atoms with Crippen molar-refractivity contribution in [1.29, 1.82) is 0 Å². The molecule has 10 heteroatoms. The lowest BCUT2D eigenvalue weighted by Crippen LogP contribution is -2.71. The molecule has 9 nitrogen and oxygen atoms in total. The van der Waals surface area contributed by atoms with Crippen LogP contribution in [0.25, 0.3) is 0 Å². The van der Waals surface area contributed by atoms with Crippen LogP contribution in [0.15, 0.2) is 89.8 Å². The van der Waals surface area contributed by atoms with Crippen molar-refractivity contribution >= 4 is 35.5 Å². The van der Waals surface area contributed by atoms with Gasteiger partial charge in [-0.2, -0.15) is 0 Å². The molecule has 39 heavy (non-hydrogen) atoms. The molecular weight excluding hydrogens is 516 g/mol. The molecule has 0 atom stereocenters. The third kappa shape index (κ3) is 5.67. The molecule has 2 heterocycles. The van der Waals surface area contributed by atoms with Crippen molar-refractivity contribution in [2.75, 3.05) is 31.9 Å². The standard InChI is InChI=1S/C29H28N4O5S/c34-25(20-39-24-10-5-2-6-11-24)32-16-7-17-33(19-18-32)29(26(35)30-28(37)31-27(29)36)21-12-14-23(15-13-21)38-22-8-3-1-4-9-22/h1-6,8-15H,7,16-20H2,(H2,30,31,35,36,37). The Kier molecular flexibility index (Phi) is 7.94. The predicted molar refractivity (Wildman–Crippen MR) is 146 cm³/mol. The molecule has 0 aromatic heterocycles. The minimum Gasteiger partial charge on any atom is -0.457 e. The van der Waals surface area contributed by atoms with E-state index in [1.54, 1.807) is 34.1 Å². The zero-order valence-electron chi connectivity index (χ0n) is 21.2. The van der Waals surface area contributed by atoms with E-state index in [0.29, 0.717) is 48.9 Å². The Hall–Kier alpha value is -4.15. The van der Waals surface area contributed by atoms with Gasteiger partial charge < -0.3 is 9.64 Å². The Morgan fingerprint density at radius 1 is 0.769 bits per heavy atom. The topological polar surface area (TPSA) is 108 Å². The molecule has 2 fully saturated rings. The fourth-order valence-electron chi connectivity index (χ4n) is 4.90. The average Bonchev–Trinajstić information content (AvgIpc) is 3.20. The fraction of sp³-hybridized carbons (Fsp3) is 0.241. The second kappa shape index (κ2) is 11.7. The molecule has 5 amide bonds. The number of amides is 5. The van der Waals surface area contributed by atoms with E-state index in [1.807, 2.05) is 60.7 Å². The van der Waals surface area contributed by atoms with Crippen molar-refractivity contribution in [2.45, 2.75) is 16.9 Å². The first-order chi connectivity index (χ1) is 19.0. The summed E-state index contributed by atoms with van der Waals surface area (Å²) >= 11 is 1.47. The van der Waals surface area contributed by atoms with Gasteiger partial charge >= 0.3 is 6.03 Å². The van der Waals surface area contributed by atoms with Crippen molar-refractivity contribution in [3.05, 3.63) is 90.5 Å². The minimum absolute atomic E-state index is 0.00473.